The number of fused-ring (bicyclic) bond motifs is 1. The molecule has 2 N–H and O–H groups in total. The van der Waals surface area contributed by atoms with Crippen molar-refractivity contribution >= 4 is 34.0 Å². The van der Waals surface area contributed by atoms with Crippen molar-refractivity contribution in [2.24, 2.45) is 0 Å². The topological polar surface area (TPSA) is 88.6 Å². The molecule has 0 aliphatic carbocycles. The van der Waals surface area contributed by atoms with Crippen molar-refractivity contribution in [2.75, 3.05) is 43.5 Å². The third kappa shape index (κ3) is 6.43. The molecule has 38 heavy (non-hydrogen) atoms. The molecule has 4 rings (SSSR count). The van der Waals surface area contributed by atoms with E-state index in [-0.39, 0.29) is 29.1 Å². The van der Waals surface area contributed by atoms with E-state index in [4.69, 9.17) is 15.9 Å². The van der Waals surface area contributed by atoms with Crippen molar-refractivity contribution in [1.82, 2.24) is 14.9 Å². The molecule has 8 nitrogen and oxygen atoms in total. The molecule has 1 atom stereocenters. The lowest BCUT2D eigenvalue weighted by Gasteiger charge is -2.18. The number of rotatable bonds is 10. The van der Waals surface area contributed by atoms with Gasteiger partial charge < -0.3 is 25.0 Å². The smallest absolute Gasteiger partial charge is 0.248 e. The first-order chi connectivity index (χ1) is 18.4. The summed E-state index contributed by atoms with van der Waals surface area (Å²) >= 11 is 0. The maximum atomic E-state index is 14.5. The normalized spacial score (nSPS) is 15.2. The third-order valence-corrected chi connectivity index (χ3v) is 6.17. The number of carbonyl (C=O) groups is 1. The Labute approximate surface area is 220 Å². The molecular weight excluding hydrogens is 492 g/mol. The van der Waals surface area contributed by atoms with Gasteiger partial charge in [-0.1, -0.05) is 25.8 Å². The van der Waals surface area contributed by atoms with Gasteiger partial charge in [0.25, 0.3) is 0 Å². The molecule has 1 saturated heterocycles. The van der Waals surface area contributed by atoms with Gasteiger partial charge in [-0.25, -0.2) is 18.7 Å². The minimum absolute atomic E-state index is 0.0484. The van der Waals surface area contributed by atoms with Crippen molar-refractivity contribution in [1.29, 1.82) is 0 Å². The van der Waals surface area contributed by atoms with Crippen LogP contribution in [-0.4, -0.2) is 59.7 Å². The molecule has 0 saturated carbocycles. The maximum Gasteiger partial charge on any atom is 0.248 e. The standard InChI is InChI=1S/C28H29F2N5O3/c1-4-18-12-24(22(30)14-21(18)29)34-28-20-13-25(33-27(36)8-7-10-35(5-2)6-3)26(15-23(20)31-17-32-28)38-19-9-11-37-16-19/h1,7-8,12-15,17,19H,5-6,9-11,16H2,2-3H3,(H,33,36)(H,31,32,34)/b8-7+. The molecule has 1 aliphatic rings. The molecule has 0 spiro atoms. The van der Waals surface area contributed by atoms with Crippen LogP contribution >= 0.6 is 0 Å². The number of nitrogens with zero attached hydrogens (tertiary/aromatic N) is 3. The first-order valence-electron chi connectivity index (χ1n) is 12.4. The monoisotopic (exact) mass is 521 g/mol. The minimum Gasteiger partial charge on any atom is -0.486 e. The maximum absolute atomic E-state index is 14.5. The fourth-order valence-corrected chi connectivity index (χ4v) is 4.01. The molecular formula is C28H29F2N5O3. The van der Waals surface area contributed by atoms with Crippen LogP contribution < -0.4 is 15.4 Å². The first kappa shape index (κ1) is 27.0. The van der Waals surface area contributed by atoms with Gasteiger partial charge in [-0.3, -0.25) is 4.79 Å². The van der Waals surface area contributed by atoms with E-state index in [1.165, 1.54) is 18.5 Å². The predicted molar refractivity (Wildman–Crippen MR) is 143 cm³/mol. The summed E-state index contributed by atoms with van der Waals surface area (Å²) in [4.78, 5) is 23.5. The van der Waals surface area contributed by atoms with Crippen LogP contribution in [0.1, 0.15) is 25.8 Å². The number of hydrogen-bond acceptors (Lipinski definition) is 7. The van der Waals surface area contributed by atoms with Crippen molar-refractivity contribution in [3.8, 4) is 18.1 Å². The van der Waals surface area contributed by atoms with Gasteiger partial charge in [0.15, 0.2) is 0 Å². The Morgan fingerprint density at radius 3 is 2.74 bits per heavy atom. The zero-order chi connectivity index (χ0) is 27.1. The van der Waals surface area contributed by atoms with Crippen LogP contribution in [0.25, 0.3) is 10.9 Å². The third-order valence-electron chi connectivity index (χ3n) is 6.17. The van der Waals surface area contributed by atoms with Crippen LogP contribution in [0.5, 0.6) is 5.75 Å². The van der Waals surface area contributed by atoms with Crippen LogP contribution in [0.3, 0.4) is 0 Å². The Morgan fingerprint density at radius 1 is 1.21 bits per heavy atom. The number of aromatic nitrogens is 2. The number of likely N-dealkylation sites (N-methyl/N-ethyl adjacent to an activating group) is 1. The molecule has 10 heteroatoms. The van der Waals surface area contributed by atoms with E-state index in [1.54, 1.807) is 18.2 Å². The highest BCUT2D eigenvalue weighted by Gasteiger charge is 2.21. The van der Waals surface area contributed by atoms with Crippen LogP contribution in [0.2, 0.25) is 0 Å². The van der Waals surface area contributed by atoms with Gasteiger partial charge in [0.2, 0.25) is 5.91 Å². The van der Waals surface area contributed by atoms with E-state index in [2.05, 4.69) is 45.3 Å². The molecule has 1 aromatic heterocycles. The average Bonchev–Trinajstić information content (AvgIpc) is 3.42. The molecule has 2 heterocycles. The van der Waals surface area contributed by atoms with Crippen LogP contribution in [0.15, 0.2) is 42.7 Å². The second-order valence-electron chi connectivity index (χ2n) is 8.65. The van der Waals surface area contributed by atoms with E-state index in [0.717, 1.165) is 13.1 Å². The van der Waals surface area contributed by atoms with Gasteiger partial charge in [0.05, 0.1) is 35.7 Å². The number of nitrogens with one attached hydrogen (secondary N) is 2. The Morgan fingerprint density at radius 2 is 2.03 bits per heavy atom. The lowest BCUT2D eigenvalue weighted by molar-refractivity contribution is -0.111. The number of terminal acetylenes is 1. The summed E-state index contributed by atoms with van der Waals surface area (Å²) in [5, 5.41) is 6.22. The number of halogens is 2. The van der Waals surface area contributed by atoms with E-state index in [0.29, 0.717) is 54.6 Å². The second kappa shape index (κ2) is 12.4. The van der Waals surface area contributed by atoms with Gasteiger partial charge in [-0.15, -0.1) is 6.42 Å². The predicted octanol–water partition coefficient (Wildman–Crippen LogP) is 4.64. The van der Waals surface area contributed by atoms with Gasteiger partial charge >= 0.3 is 0 Å². The summed E-state index contributed by atoms with van der Waals surface area (Å²) in [5.41, 5.74) is 0.744. The molecule has 0 radical (unpaired) electrons. The SMILES string of the molecule is C#Cc1cc(Nc2ncnc3cc(OC4CCOC4)c(NC(=O)/C=C/CN(CC)CC)cc23)c(F)cc1F. The average molecular weight is 522 g/mol. The minimum atomic E-state index is -0.833. The Kier molecular flexibility index (Phi) is 8.84. The van der Waals surface area contributed by atoms with Gasteiger partial charge in [0, 0.05) is 36.6 Å². The highest BCUT2D eigenvalue weighted by molar-refractivity contribution is 6.03. The summed E-state index contributed by atoms with van der Waals surface area (Å²) in [6.45, 7) is 7.54. The van der Waals surface area contributed by atoms with Crippen molar-refractivity contribution in [3.05, 3.63) is 59.9 Å². The number of benzene rings is 2. The molecule has 3 aromatic rings. The first-order valence-corrected chi connectivity index (χ1v) is 12.4. The lowest BCUT2D eigenvalue weighted by atomic mass is 10.1. The number of hydrogen-bond donors (Lipinski definition) is 2. The second-order valence-corrected chi connectivity index (χ2v) is 8.65. The van der Waals surface area contributed by atoms with Gasteiger partial charge in [-0.05, 0) is 25.2 Å². The van der Waals surface area contributed by atoms with Crippen LogP contribution in [-0.2, 0) is 9.53 Å². The molecule has 198 valence electrons. The summed E-state index contributed by atoms with van der Waals surface area (Å²) in [6, 6.07) is 5.25. The Balaban J connectivity index is 1.68. The van der Waals surface area contributed by atoms with E-state index in [1.807, 2.05) is 0 Å². The lowest BCUT2D eigenvalue weighted by Crippen LogP contribution is -2.23. The van der Waals surface area contributed by atoms with E-state index >= 15 is 0 Å². The fraction of sp³-hybridized carbons (Fsp3) is 0.321. The quantitative estimate of drug-likeness (QED) is 0.297. The largest absolute Gasteiger partial charge is 0.486 e. The van der Waals surface area contributed by atoms with E-state index in [9.17, 15) is 13.6 Å². The fourth-order valence-electron chi connectivity index (χ4n) is 4.01. The van der Waals surface area contributed by atoms with Gasteiger partial charge in [-0.2, -0.15) is 0 Å². The molecule has 1 amide bonds. The number of amides is 1. The number of carbonyl (C=O) groups excluding carboxylic acids is 1. The highest BCUT2D eigenvalue weighted by atomic mass is 19.1. The molecule has 1 unspecified atom stereocenters. The molecule has 1 fully saturated rings. The van der Waals surface area contributed by atoms with Crippen molar-refractivity contribution in [2.45, 2.75) is 26.4 Å². The zero-order valence-electron chi connectivity index (χ0n) is 21.3. The zero-order valence-corrected chi connectivity index (χ0v) is 21.3. The van der Waals surface area contributed by atoms with Crippen LogP contribution in [0, 0.1) is 24.0 Å². The Bertz CT molecular complexity index is 1380. The summed E-state index contributed by atoms with van der Waals surface area (Å²) in [5.74, 6) is 0.855. The Hall–Kier alpha value is -4.07. The molecule has 0 bridgehead atoms. The highest BCUT2D eigenvalue weighted by Crippen LogP contribution is 2.35. The van der Waals surface area contributed by atoms with Crippen LogP contribution in [0.4, 0.5) is 26.0 Å². The summed E-state index contributed by atoms with van der Waals surface area (Å²) in [7, 11) is 0. The van der Waals surface area contributed by atoms with Crippen molar-refractivity contribution < 1.29 is 23.0 Å². The summed E-state index contributed by atoms with van der Waals surface area (Å²) in [6.07, 6.45) is 10.5. The van der Waals surface area contributed by atoms with E-state index < -0.39 is 11.6 Å². The molecule has 2 aromatic carbocycles. The summed E-state index contributed by atoms with van der Waals surface area (Å²) < 4.78 is 39.9. The molecule has 1 aliphatic heterocycles. The van der Waals surface area contributed by atoms with Gasteiger partial charge in [0.1, 0.15) is 35.6 Å². The number of ether oxygens (including phenoxy) is 2. The van der Waals surface area contributed by atoms with Crippen molar-refractivity contribution in [3.63, 3.8) is 0 Å². The number of anilines is 3.